The minimum Gasteiger partial charge on any atom is -0.276 e. The van der Waals surface area contributed by atoms with Crippen molar-refractivity contribution in [3.8, 4) is 21.1 Å². The highest BCUT2D eigenvalue weighted by atomic mass is 35.5. The number of nitrogens with zero attached hydrogens (tertiary/aromatic N) is 1. The average Bonchev–Trinajstić information content (AvgIpc) is 3.42. The van der Waals surface area contributed by atoms with E-state index in [1.165, 1.54) is 6.07 Å². The van der Waals surface area contributed by atoms with Crippen LogP contribution in [0.2, 0.25) is 5.02 Å². The molecule has 0 fully saturated rings. The van der Waals surface area contributed by atoms with E-state index in [0.717, 1.165) is 26.7 Å². The molecule has 9 heteroatoms. The number of hydrogen-bond donors (Lipinski definition) is 2. The first kappa shape index (κ1) is 19.4. The van der Waals surface area contributed by atoms with Gasteiger partial charge in [-0.05, 0) is 41.4 Å². The summed E-state index contributed by atoms with van der Waals surface area (Å²) in [5.41, 5.74) is 2.78. The Labute approximate surface area is 176 Å². The second-order valence-corrected chi connectivity index (χ2v) is 10.00. The predicted molar refractivity (Wildman–Crippen MR) is 116 cm³/mol. The molecule has 2 N–H and O–H groups in total. The first-order chi connectivity index (χ1) is 13.6. The van der Waals surface area contributed by atoms with E-state index in [1.54, 1.807) is 40.9 Å². The molecule has 4 aromatic rings. The van der Waals surface area contributed by atoms with Gasteiger partial charge in [-0.25, -0.2) is 13.1 Å². The van der Waals surface area contributed by atoms with E-state index in [2.05, 4.69) is 14.9 Å². The quantitative estimate of drug-likeness (QED) is 0.415. The molecule has 0 aliphatic carbocycles. The van der Waals surface area contributed by atoms with Crippen LogP contribution in [0.15, 0.2) is 64.2 Å². The molecule has 1 aromatic carbocycles. The third kappa shape index (κ3) is 3.92. The summed E-state index contributed by atoms with van der Waals surface area (Å²) in [5, 5.41) is 11.8. The van der Waals surface area contributed by atoms with Crippen molar-refractivity contribution >= 4 is 44.3 Å². The van der Waals surface area contributed by atoms with Crippen LogP contribution in [-0.2, 0) is 16.4 Å². The van der Waals surface area contributed by atoms with E-state index < -0.39 is 10.0 Å². The number of H-pyrrole nitrogens is 1. The van der Waals surface area contributed by atoms with Gasteiger partial charge in [0.15, 0.2) is 0 Å². The average molecular weight is 450 g/mol. The Kier molecular flexibility index (Phi) is 5.65. The van der Waals surface area contributed by atoms with Gasteiger partial charge >= 0.3 is 0 Å². The van der Waals surface area contributed by atoms with E-state index in [-0.39, 0.29) is 16.5 Å². The molecule has 0 saturated carbocycles. The van der Waals surface area contributed by atoms with Gasteiger partial charge in [0.2, 0.25) is 10.0 Å². The molecule has 0 bridgehead atoms. The lowest BCUT2D eigenvalue weighted by atomic mass is 10.1. The molecule has 0 amide bonds. The fraction of sp³-hybridized carbons (Fsp3) is 0.105. The first-order valence-electron chi connectivity index (χ1n) is 8.45. The summed E-state index contributed by atoms with van der Waals surface area (Å²) in [6, 6.07) is 14.4. The minimum absolute atomic E-state index is 0.0841. The van der Waals surface area contributed by atoms with Crippen molar-refractivity contribution in [2.75, 3.05) is 6.54 Å². The highest BCUT2D eigenvalue weighted by molar-refractivity contribution is 7.89. The van der Waals surface area contributed by atoms with Gasteiger partial charge in [0, 0.05) is 12.1 Å². The SMILES string of the molecule is O=S(=O)(NCCc1c(-c2cccs2)n[nH]c1-c1cccs1)c1ccccc1Cl. The van der Waals surface area contributed by atoms with Gasteiger partial charge in [0.25, 0.3) is 0 Å². The number of halogens is 1. The van der Waals surface area contributed by atoms with E-state index in [4.69, 9.17) is 11.6 Å². The molecule has 5 nitrogen and oxygen atoms in total. The van der Waals surface area contributed by atoms with E-state index in [0.29, 0.717) is 6.42 Å². The van der Waals surface area contributed by atoms with Crippen LogP contribution in [0.4, 0.5) is 0 Å². The maximum absolute atomic E-state index is 12.6. The number of nitrogens with one attached hydrogen (secondary N) is 2. The standard InChI is InChI=1S/C19H16ClN3O2S3/c20-14-5-1-2-8-17(14)28(24,25)21-10-9-13-18(15-6-3-11-26-15)22-23-19(13)16-7-4-12-27-16/h1-8,11-12,21H,9-10H2,(H,22,23). The Bertz CT molecular complexity index is 1120. The Balaban J connectivity index is 1.59. The second-order valence-electron chi connectivity index (χ2n) is 5.96. The molecule has 0 radical (unpaired) electrons. The van der Waals surface area contributed by atoms with Gasteiger partial charge in [-0.1, -0.05) is 35.9 Å². The zero-order chi connectivity index (χ0) is 19.6. The molecule has 0 atom stereocenters. The minimum atomic E-state index is -3.68. The fourth-order valence-corrected chi connectivity index (χ4v) is 5.94. The second kappa shape index (κ2) is 8.18. The molecule has 3 aromatic heterocycles. The highest BCUT2D eigenvalue weighted by Gasteiger charge is 2.20. The molecule has 28 heavy (non-hydrogen) atoms. The Morgan fingerprint density at radius 1 is 1.00 bits per heavy atom. The lowest BCUT2D eigenvalue weighted by Gasteiger charge is -2.09. The number of rotatable bonds is 7. The predicted octanol–water partition coefficient (Wildman–Crippen LogP) is 5.04. The van der Waals surface area contributed by atoms with Crippen molar-refractivity contribution in [3.63, 3.8) is 0 Å². The number of aromatic nitrogens is 2. The Morgan fingerprint density at radius 3 is 2.39 bits per heavy atom. The summed E-state index contributed by atoms with van der Waals surface area (Å²) in [7, 11) is -3.68. The normalized spacial score (nSPS) is 11.8. The summed E-state index contributed by atoms with van der Waals surface area (Å²) in [4.78, 5) is 2.20. The summed E-state index contributed by atoms with van der Waals surface area (Å²) >= 11 is 9.26. The molecule has 4 rings (SSSR count). The maximum atomic E-state index is 12.6. The number of benzene rings is 1. The molecule has 144 valence electrons. The van der Waals surface area contributed by atoms with Crippen LogP contribution in [0.5, 0.6) is 0 Å². The molecule has 0 saturated heterocycles. The summed E-state index contributed by atoms with van der Waals surface area (Å²) in [6.07, 6.45) is 0.501. The van der Waals surface area contributed by atoms with Crippen LogP contribution in [0.3, 0.4) is 0 Å². The molecule has 0 unspecified atom stereocenters. The topological polar surface area (TPSA) is 74.8 Å². The lowest BCUT2D eigenvalue weighted by Crippen LogP contribution is -2.26. The van der Waals surface area contributed by atoms with Crippen LogP contribution >= 0.6 is 34.3 Å². The summed E-state index contributed by atoms with van der Waals surface area (Å²) in [5.74, 6) is 0. The number of thiophene rings is 2. The van der Waals surface area contributed by atoms with Crippen LogP contribution in [-0.4, -0.2) is 25.2 Å². The van der Waals surface area contributed by atoms with Crippen molar-refractivity contribution in [2.45, 2.75) is 11.3 Å². The van der Waals surface area contributed by atoms with Crippen molar-refractivity contribution in [1.29, 1.82) is 0 Å². The van der Waals surface area contributed by atoms with E-state index in [9.17, 15) is 8.42 Å². The van der Waals surface area contributed by atoms with Crippen LogP contribution in [0.1, 0.15) is 5.56 Å². The summed E-state index contributed by atoms with van der Waals surface area (Å²) < 4.78 is 27.8. The van der Waals surface area contributed by atoms with Crippen molar-refractivity contribution in [1.82, 2.24) is 14.9 Å². The molecule has 0 spiro atoms. The van der Waals surface area contributed by atoms with Crippen LogP contribution < -0.4 is 4.72 Å². The van der Waals surface area contributed by atoms with Gasteiger partial charge < -0.3 is 0 Å². The van der Waals surface area contributed by atoms with Gasteiger partial charge in [-0.2, -0.15) is 5.10 Å². The monoisotopic (exact) mass is 449 g/mol. The fourth-order valence-electron chi connectivity index (χ4n) is 2.90. The van der Waals surface area contributed by atoms with E-state index in [1.807, 2.05) is 35.0 Å². The maximum Gasteiger partial charge on any atom is 0.242 e. The largest absolute Gasteiger partial charge is 0.276 e. The Morgan fingerprint density at radius 2 is 1.71 bits per heavy atom. The smallest absolute Gasteiger partial charge is 0.242 e. The number of hydrogen-bond acceptors (Lipinski definition) is 5. The van der Waals surface area contributed by atoms with Gasteiger partial charge in [-0.3, -0.25) is 5.10 Å². The van der Waals surface area contributed by atoms with Gasteiger partial charge in [-0.15, -0.1) is 22.7 Å². The van der Waals surface area contributed by atoms with Gasteiger partial charge in [0.05, 0.1) is 20.5 Å². The zero-order valence-electron chi connectivity index (χ0n) is 14.6. The van der Waals surface area contributed by atoms with Crippen molar-refractivity contribution < 1.29 is 8.42 Å². The third-order valence-electron chi connectivity index (χ3n) is 4.18. The molecular formula is C19H16ClN3O2S3. The number of aromatic amines is 1. The van der Waals surface area contributed by atoms with Gasteiger partial charge in [0.1, 0.15) is 10.6 Å². The molecule has 0 aliphatic heterocycles. The highest BCUT2D eigenvalue weighted by Crippen LogP contribution is 2.34. The van der Waals surface area contributed by atoms with Crippen LogP contribution in [0.25, 0.3) is 21.1 Å². The molecular weight excluding hydrogens is 434 g/mol. The lowest BCUT2D eigenvalue weighted by molar-refractivity contribution is 0.582. The number of sulfonamides is 1. The Hall–Kier alpha value is -1.97. The first-order valence-corrected chi connectivity index (χ1v) is 12.1. The summed E-state index contributed by atoms with van der Waals surface area (Å²) in [6.45, 7) is 0.240. The molecule has 3 heterocycles. The zero-order valence-corrected chi connectivity index (χ0v) is 17.8. The van der Waals surface area contributed by atoms with Crippen LogP contribution in [0, 0.1) is 0 Å². The third-order valence-corrected chi connectivity index (χ3v) is 7.91. The molecule has 0 aliphatic rings. The van der Waals surface area contributed by atoms with Crippen molar-refractivity contribution in [2.24, 2.45) is 0 Å². The van der Waals surface area contributed by atoms with Crippen molar-refractivity contribution in [3.05, 3.63) is 69.9 Å². The van der Waals surface area contributed by atoms with E-state index >= 15 is 0 Å².